The summed E-state index contributed by atoms with van der Waals surface area (Å²) >= 11 is 1.10. The van der Waals surface area contributed by atoms with Crippen LogP contribution in [0.4, 0.5) is 5.13 Å². The summed E-state index contributed by atoms with van der Waals surface area (Å²) in [6.07, 6.45) is -0.0104. The lowest BCUT2D eigenvalue weighted by atomic mass is 10.3. The number of aromatic nitrogens is 1. The summed E-state index contributed by atoms with van der Waals surface area (Å²) in [5, 5.41) is 1.80. The van der Waals surface area contributed by atoms with Crippen LogP contribution >= 0.6 is 11.3 Å². The molecule has 1 amide bonds. The zero-order valence-electron chi connectivity index (χ0n) is 9.74. The number of hydrogen-bond acceptors (Lipinski definition) is 5. The first-order valence-corrected chi connectivity index (χ1v) is 7.64. The van der Waals surface area contributed by atoms with E-state index in [1.54, 1.807) is 23.6 Å². The highest BCUT2D eigenvalue weighted by Gasteiger charge is 2.15. The van der Waals surface area contributed by atoms with E-state index in [0.717, 1.165) is 11.3 Å². The molecule has 0 fully saturated rings. The molecule has 0 spiro atoms. The molecule has 2 rings (SSSR count). The maximum absolute atomic E-state index is 12.0. The van der Waals surface area contributed by atoms with Crippen LogP contribution in [-0.4, -0.2) is 19.3 Å². The van der Waals surface area contributed by atoms with Crippen LogP contribution in [0, 0.1) is 0 Å². The molecule has 100 valence electrons. The monoisotopic (exact) mass is 297 g/mol. The minimum absolute atomic E-state index is 0.0104. The van der Waals surface area contributed by atoms with Crippen LogP contribution in [0.5, 0.6) is 0 Å². The minimum Gasteiger partial charge on any atom is -0.369 e. The Morgan fingerprint density at radius 1 is 1.32 bits per heavy atom. The number of nitrogens with zero attached hydrogens (tertiary/aromatic N) is 1. The van der Waals surface area contributed by atoms with E-state index in [9.17, 15) is 13.2 Å². The van der Waals surface area contributed by atoms with Crippen molar-refractivity contribution < 1.29 is 13.2 Å². The zero-order chi connectivity index (χ0) is 13.9. The molecule has 1 heterocycles. The lowest BCUT2D eigenvalue weighted by Gasteiger charge is -2.04. The number of primary amides is 1. The molecule has 0 aliphatic heterocycles. The van der Waals surface area contributed by atoms with Crippen molar-refractivity contribution in [2.75, 3.05) is 4.72 Å². The molecule has 6 nitrogen and oxygen atoms in total. The number of amides is 1. The van der Waals surface area contributed by atoms with Gasteiger partial charge in [-0.3, -0.25) is 9.52 Å². The Balaban J connectivity index is 2.17. The van der Waals surface area contributed by atoms with Crippen LogP contribution in [0.15, 0.2) is 40.6 Å². The van der Waals surface area contributed by atoms with Crippen molar-refractivity contribution in [3.8, 4) is 0 Å². The van der Waals surface area contributed by atoms with Gasteiger partial charge in [-0.1, -0.05) is 18.2 Å². The van der Waals surface area contributed by atoms with Gasteiger partial charge in [0.1, 0.15) is 0 Å². The van der Waals surface area contributed by atoms with Crippen molar-refractivity contribution in [1.82, 2.24) is 4.98 Å². The number of nitrogens with two attached hydrogens (primary N) is 1. The van der Waals surface area contributed by atoms with Gasteiger partial charge < -0.3 is 5.73 Å². The highest BCUT2D eigenvalue weighted by Crippen LogP contribution is 2.20. The van der Waals surface area contributed by atoms with E-state index in [4.69, 9.17) is 5.73 Å². The van der Waals surface area contributed by atoms with Crippen molar-refractivity contribution in [3.63, 3.8) is 0 Å². The molecular formula is C11H11N3O3S2. The van der Waals surface area contributed by atoms with Gasteiger partial charge >= 0.3 is 0 Å². The summed E-state index contributed by atoms with van der Waals surface area (Å²) in [4.78, 5) is 14.9. The summed E-state index contributed by atoms with van der Waals surface area (Å²) in [6.45, 7) is 0. The number of thiazole rings is 1. The van der Waals surface area contributed by atoms with Crippen molar-refractivity contribution in [3.05, 3.63) is 41.4 Å². The van der Waals surface area contributed by atoms with Crippen molar-refractivity contribution in [1.29, 1.82) is 0 Å². The summed E-state index contributed by atoms with van der Waals surface area (Å²) in [6, 6.07) is 7.97. The SMILES string of the molecule is NC(=O)Cc1csc(NS(=O)(=O)c2ccccc2)n1. The van der Waals surface area contributed by atoms with Crippen LogP contribution in [0.3, 0.4) is 0 Å². The summed E-state index contributed by atoms with van der Waals surface area (Å²) < 4.78 is 26.3. The van der Waals surface area contributed by atoms with Crippen LogP contribution in [0.25, 0.3) is 0 Å². The number of carbonyl (C=O) groups excluding carboxylic acids is 1. The van der Waals surface area contributed by atoms with Crippen LogP contribution < -0.4 is 10.5 Å². The van der Waals surface area contributed by atoms with Crippen molar-refractivity contribution in [2.45, 2.75) is 11.3 Å². The number of hydrogen-bond donors (Lipinski definition) is 2. The van der Waals surface area contributed by atoms with E-state index in [1.165, 1.54) is 12.1 Å². The van der Waals surface area contributed by atoms with Gasteiger partial charge in [-0.15, -0.1) is 11.3 Å². The molecule has 3 N–H and O–H groups in total. The molecule has 1 aromatic heterocycles. The van der Waals surface area contributed by atoms with E-state index >= 15 is 0 Å². The quantitative estimate of drug-likeness (QED) is 0.858. The molecule has 0 saturated carbocycles. The summed E-state index contributed by atoms with van der Waals surface area (Å²) in [7, 11) is -3.65. The molecule has 2 aromatic rings. The van der Waals surface area contributed by atoms with Crippen LogP contribution in [0.2, 0.25) is 0 Å². The molecule has 0 aliphatic rings. The highest BCUT2D eigenvalue weighted by molar-refractivity contribution is 7.93. The van der Waals surface area contributed by atoms with E-state index in [0.29, 0.717) is 5.69 Å². The summed E-state index contributed by atoms with van der Waals surface area (Å²) in [5.41, 5.74) is 5.49. The smallest absolute Gasteiger partial charge is 0.263 e. The lowest BCUT2D eigenvalue weighted by Crippen LogP contribution is -2.15. The number of benzene rings is 1. The fourth-order valence-corrected chi connectivity index (χ4v) is 3.37. The van der Waals surface area contributed by atoms with Gasteiger partial charge in [-0.05, 0) is 12.1 Å². The second-order valence-corrected chi connectivity index (χ2v) is 6.25. The molecule has 0 bridgehead atoms. The van der Waals surface area contributed by atoms with Gasteiger partial charge in [0.15, 0.2) is 5.13 Å². The van der Waals surface area contributed by atoms with Gasteiger partial charge in [-0.2, -0.15) is 0 Å². The average molecular weight is 297 g/mol. The second-order valence-electron chi connectivity index (χ2n) is 3.71. The molecule has 1 aromatic carbocycles. The van der Waals surface area contributed by atoms with Gasteiger partial charge in [0.25, 0.3) is 10.0 Å². The maximum atomic E-state index is 12.0. The number of sulfonamides is 1. The molecular weight excluding hydrogens is 286 g/mol. The number of anilines is 1. The van der Waals surface area contributed by atoms with Crippen molar-refractivity contribution in [2.24, 2.45) is 5.73 Å². The molecule has 0 aliphatic carbocycles. The van der Waals surface area contributed by atoms with Crippen LogP contribution in [0.1, 0.15) is 5.69 Å². The zero-order valence-corrected chi connectivity index (χ0v) is 11.4. The Morgan fingerprint density at radius 3 is 2.63 bits per heavy atom. The lowest BCUT2D eigenvalue weighted by molar-refractivity contribution is -0.117. The topological polar surface area (TPSA) is 102 Å². The van der Waals surface area contributed by atoms with E-state index in [1.807, 2.05) is 0 Å². The molecule has 0 atom stereocenters. The number of rotatable bonds is 5. The highest BCUT2D eigenvalue weighted by atomic mass is 32.2. The van der Waals surface area contributed by atoms with Gasteiger partial charge in [0.2, 0.25) is 5.91 Å². The van der Waals surface area contributed by atoms with Gasteiger partial charge in [0.05, 0.1) is 17.0 Å². The standard InChI is InChI=1S/C11H11N3O3S2/c12-10(15)6-8-7-18-11(13-8)14-19(16,17)9-4-2-1-3-5-9/h1-5,7H,6H2,(H2,12,15)(H,13,14). The molecule has 0 unspecified atom stereocenters. The fraction of sp³-hybridized carbons (Fsp3) is 0.0909. The third-order valence-corrected chi connectivity index (χ3v) is 4.47. The number of carbonyl (C=O) groups is 1. The first-order chi connectivity index (χ1) is 8.97. The largest absolute Gasteiger partial charge is 0.369 e. The predicted octanol–water partition coefficient (Wildman–Crippen LogP) is 0.972. The molecule has 0 saturated heterocycles. The molecule has 0 radical (unpaired) electrons. The van der Waals surface area contributed by atoms with E-state index < -0.39 is 15.9 Å². The minimum atomic E-state index is -3.65. The predicted molar refractivity (Wildman–Crippen MR) is 72.3 cm³/mol. The normalized spacial score (nSPS) is 11.2. The Morgan fingerprint density at radius 2 is 2.00 bits per heavy atom. The van der Waals surface area contributed by atoms with Gasteiger partial charge in [0, 0.05) is 5.38 Å². The maximum Gasteiger partial charge on any atom is 0.263 e. The third-order valence-electron chi connectivity index (χ3n) is 2.18. The van der Waals surface area contributed by atoms with Crippen LogP contribution in [-0.2, 0) is 21.2 Å². The molecule has 19 heavy (non-hydrogen) atoms. The Bertz CT molecular complexity index is 680. The summed E-state index contributed by atoms with van der Waals surface area (Å²) in [5.74, 6) is -0.511. The third kappa shape index (κ3) is 3.52. The average Bonchev–Trinajstić information content (AvgIpc) is 2.76. The van der Waals surface area contributed by atoms with Crippen molar-refractivity contribution >= 4 is 32.4 Å². The first kappa shape index (κ1) is 13.5. The Hall–Kier alpha value is -1.93. The Kier molecular flexibility index (Phi) is 3.82. The first-order valence-electron chi connectivity index (χ1n) is 5.28. The van der Waals surface area contributed by atoms with E-state index in [2.05, 4.69) is 9.71 Å². The van der Waals surface area contributed by atoms with Gasteiger partial charge in [-0.25, -0.2) is 13.4 Å². The Labute approximate surface area is 114 Å². The molecule has 8 heteroatoms. The van der Waals surface area contributed by atoms with E-state index in [-0.39, 0.29) is 16.4 Å². The second kappa shape index (κ2) is 5.37. The fourth-order valence-electron chi connectivity index (χ4n) is 1.39. The number of nitrogens with one attached hydrogen (secondary N) is 1.